The molecule has 0 unspecified atom stereocenters. The normalized spacial score (nSPS) is 13.0. The van der Waals surface area contributed by atoms with E-state index in [1.165, 1.54) is 19.1 Å². The number of carbonyl (C=O) groups is 4. The van der Waals surface area contributed by atoms with Gasteiger partial charge < -0.3 is 20.1 Å². The lowest BCUT2D eigenvalue weighted by Crippen LogP contribution is -2.30. The van der Waals surface area contributed by atoms with Crippen LogP contribution < -0.4 is 5.32 Å². The van der Waals surface area contributed by atoms with E-state index in [0.717, 1.165) is 17.0 Å². The van der Waals surface area contributed by atoms with Crippen molar-refractivity contribution in [1.29, 1.82) is 0 Å². The van der Waals surface area contributed by atoms with Crippen molar-refractivity contribution in [2.24, 2.45) is 0 Å². The fourth-order valence-electron chi connectivity index (χ4n) is 4.00. The Hall–Kier alpha value is -4.70. The van der Waals surface area contributed by atoms with Crippen molar-refractivity contribution in [1.82, 2.24) is 20.3 Å². The number of esters is 1. The molecule has 0 atom stereocenters. The summed E-state index contributed by atoms with van der Waals surface area (Å²) >= 11 is 0. The van der Waals surface area contributed by atoms with Crippen LogP contribution in [0.25, 0.3) is 33.2 Å². The number of hydrogen-bond donors (Lipinski definition) is 3. The van der Waals surface area contributed by atoms with Crippen molar-refractivity contribution in [3.05, 3.63) is 71.2 Å². The summed E-state index contributed by atoms with van der Waals surface area (Å²) in [4.78, 5) is 61.7. The van der Waals surface area contributed by atoms with Gasteiger partial charge in [0.2, 0.25) is 11.7 Å². The molecule has 1 amide bonds. The average Bonchev–Trinajstić information content (AvgIpc) is 3.23. The second kappa shape index (κ2) is 8.58. The summed E-state index contributed by atoms with van der Waals surface area (Å²) in [7, 11) is 0. The molecule has 0 bridgehead atoms. The van der Waals surface area contributed by atoms with E-state index in [-0.39, 0.29) is 47.2 Å². The number of H-pyrrole nitrogens is 1. The van der Waals surface area contributed by atoms with Gasteiger partial charge in [-0.15, -0.1) is 0 Å². The number of Topliss-reactive ketones (excluding diaryl/α,β-unsaturated/α-hetero) is 1. The van der Waals surface area contributed by atoms with Gasteiger partial charge in [-0.2, -0.15) is 0 Å². The second-order valence-electron chi connectivity index (χ2n) is 7.83. The minimum Gasteiger partial charge on any atom is -0.459 e. The van der Waals surface area contributed by atoms with E-state index >= 15 is 0 Å². The zero-order chi connectivity index (χ0) is 24.7. The van der Waals surface area contributed by atoms with E-state index in [1.807, 2.05) is 24.3 Å². The third-order valence-corrected chi connectivity index (χ3v) is 5.48. The Morgan fingerprint density at radius 3 is 2.63 bits per heavy atom. The highest BCUT2D eigenvalue weighted by Crippen LogP contribution is 2.33. The number of aromatic nitrogens is 3. The minimum atomic E-state index is -0.729. The number of amides is 1. The summed E-state index contributed by atoms with van der Waals surface area (Å²) < 4.78 is 5.05. The first-order valence-electron chi connectivity index (χ1n) is 10.7. The number of rotatable bonds is 5. The van der Waals surface area contributed by atoms with Crippen molar-refractivity contribution in [3.8, 4) is 11.4 Å². The minimum absolute atomic E-state index is 0.00791. The average molecular weight is 470 g/mol. The summed E-state index contributed by atoms with van der Waals surface area (Å²) in [5.74, 6) is -2.30. The number of fused-ring (bicyclic) bond motifs is 4. The Labute approximate surface area is 197 Å². The summed E-state index contributed by atoms with van der Waals surface area (Å²) in [6.07, 6.45) is 1.07. The highest BCUT2D eigenvalue weighted by Gasteiger charge is 2.29. The number of hydrogen-bond acceptors (Lipinski definition) is 8. The molecule has 0 radical (unpaired) electrons. The predicted molar refractivity (Wildman–Crippen MR) is 125 cm³/mol. The lowest BCUT2D eigenvalue weighted by molar-refractivity contribution is -0.118. The molecule has 3 N–H and O–H groups in total. The van der Waals surface area contributed by atoms with Crippen LogP contribution in [0, 0.1) is 0 Å². The molecule has 0 fully saturated rings. The molecule has 35 heavy (non-hydrogen) atoms. The Morgan fingerprint density at radius 2 is 1.86 bits per heavy atom. The Balaban J connectivity index is 1.71. The van der Waals surface area contributed by atoms with Crippen LogP contribution in [-0.2, 0) is 9.53 Å². The molecule has 1 aromatic carbocycles. The highest BCUT2D eigenvalue weighted by molar-refractivity contribution is 6.24. The van der Waals surface area contributed by atoms with Gasteiger partial charge in [-0.25, -0.2) is 14.8 Å². The van der Waals surface area contributed by atoms with Crippen LogP contribution in [0.1, 0.15) is 38.3 Å². The zero-order valence-corrected chi connectivity index (χ0v) is 18.4. The van der Waals surface area contributed by atoms with E-state index in [4.69, 9.17) is 9.84 Å². The van der Waals surface area contributed by atoms with Crippen LogP contribution in [0.5, 0.6) is 0 Å². The van der Waals surface area contributed by atoms with Gasteiger partial charge >= 0.3 is 5.97 Å². The Kier molecular flexibility index (Phi) is 5.42. The van der Waals surface area contributed by atoms with Gasteiger partial charge in [0.1, 0.15) is 23.7 Å². The number of aliphatic hydroxyl groups excluding tert-OH is 1. The van der Waals surface area contributed by atoms with Gasteiger partial charge in [0, 0.05) is 29.3 Å². The summed E-state index contributed by atoms with van der Waals surface area (Å²) in [6.45, 7) is 0.713. The molecule has 174 valence electrons. The molecule has 5 rings (SSSR count). The standard InChI is InChI=1S/C25H18N4O6/c1-12(31)26-18-11-20(32)14-6-7-17(28-22(14)24(18)33)23-21-15(13-4-2-3-5-16(13)27-21)10-19(29-23)25(34)35-9-8-30/h2-7,10-11,27,30H,8-9H2,1H3,(H,26,31). The van der Waals surface area contributed by atoms with E-state index < -0.39 is 23.4 Å². The van der Waals surface area contributed by atoms with Gasteiger partial charge in [-0.05, 0) is 24.3 Å². The van der Waals surface area contributed by atoms with Crippen LogP contribution >= 0.6 is 0 Å². The number of pyridine rings is 2. The number of ketones is 2. The smallest absolute Gasteiger partial charge is 0.357 e. The lowest BCUT2D eigenvalue weighted by Gasteiger charge is -2.15. The van der Waals surface area contributed by atoms with Gasteiger partial charge in [0.05, 0.1) is 29.1 Å². The molecule has 0 saturated heterocycles. The summed E-state index contributed by atoms with van der Waals surface area (Å²) in [5.41, 5.74) is 1.68. The van der Waals surface area contributed by atoms with Gasteiger partial charge in [-0.3, -0.25) is 14.4 Å². The molecule has 3 aromatic heterocycles. The Morgan fingerprint density at radius 1 is 1.06 bits per heavy atom. The zero-order valence-electron chi connectivity index (χ0n) is 18.4. The molecule has 1 aliphatic carbocycles. The largest absolute Gasteiger partial charge is 0.459 e. The maximum absolute atomic E-state index is 13.0. The first-order chi connectivity index (χ1) is 16.9. The van der Waals surface area contributed by atoms with Crippen molar-refractivity contribution in [2.45, 2.75) is 6.92 Å². The Bertz CT molecular complexity index is 1600. The molecule has 0 spiro atoms. The molecular formula is C25H18N4O6. The SMILES string of the molecule is CC(=O)NC1=CC(=O)c2ccc(-c3nc(C(=O)OCCO)cc4c3[nH]c3ccccc34)nc2C1=O. The molecule has 10 nitrogen and oxygen atoms in total. The monoisotopic (exact) mass is 470 g/mol. The predicted octanol–water partition coefficient (Wildman–Crippen LogP) is 2.33. The molecule has 1 aliphatic rings. The molecule has 0 aliphatic heterocycles. The van der Waals surface area contributed by atoms with E-state index in [1.54, 1.807) is 6.07 Å². The maximum Gasteiger partial charge on any atom is 0.357 e. The first-order valence-corrected chi connectivity index (χ1v) is 10.7. The van der Waals surface area contributed by atoms with E-state index in [9.17, 15) is 19.2 Å². The first kappa shape index (κ1) is 22.1. The number of ether oxygens (including phenoxy) is 1. The third-order valence-electron chi connectivity index (χ3n) is 5.48. The maximum atomic E-state index is 13.0. The molecule has 0 saturated carbocycles. The summed E-state index contributed by atoms with van der Waals surface area (Å²) in [5, 5.41) is 12.9. The van der Waals surface area contributed by atoms with Crippen LogP contribution in [0.2, 0.25) is 0 Å². The fraction of sp³-hybridized carbons (Fsp3) is 0.120. The highest BCUT2D eigenvalue weighted by atomic mass is 16.5. The van der Waals surface area contributed by atoms with Crippen molar-refractivity contribution >= 4 is 45.2 Å². The number of aromatic amines is 1. The molecule has 10 heteroatoms. The van der Waals surface area contributed by atoms with Gasteiger partial charge in [0.15, 0.2) is 5.78 Å². The van der Waals surface area contributed by atoms with Crippen molar-refractivity contribution in [2.75, 3.05) is 13.2 Å². The van der Waals surface area contributed by atoms with Crippen molar-refractivity contribution < 1.29 is 29.0 Å². The number of benzene rings is 1. The van der Waals surface area contributed by atoms with Crippen LogP contribution in [0.4, 0.5) is 0 Å². The van der Waals surface area contributed by atoms with Crippen LogP contribution in [-0.4, -0.2) is 56.7 Å². The fourth-order valence-corrected chi connectivity index (χ4v) is 4.00. The lowest BCUT2D eigenvalue weighted by atomic mass is 9.96. The summed E-state index contributed by atoms with van der Waals surface area (Å²) in [6, 6.07) is 12.1. The third kappa shape index (κ3) is 3.85. The van der Waals surface area contributed by atoms with E-state index in [2.05, 4.69) is 20.3 Å². The molecule has 3 heterocycles. The van der Waals surface area contributed by atoms with Crippen LogP contribution in [0.15, 0.2) is 54.2 Å². The van der Waals surface area contributed by atoms with Crippen molar-refractivity contribution in [3.63, 3.8) is 0 Å². The number of nitrogens with zero attached hydrogens (tertiary/aromatic N) is 2. The second-order valence-corrected chi connectivity index (χ2v) is 7.83. The number of carbonyl (C=O) groups excluding carboxylic acids is 4. The topological polar surface area (TPSA) is 151 Å². The quantitative estimate of drug-likeness (QED) is 0.376. The van der Waals surface area contributed by atoms with E-state index in [0.29, 0.717) is 10.9 Å². The van der Waals surface area contributed by atoms with Gasteiger partial charge in [0.25, 0.3) is 0 Å². The molecule has 4 aromatic rings. The number of allylic oxidation sites excluding steroid dienone is 2. The number of aliphatic hydroxyl groups is 1. The van der Waals surface area contributed by atoms with Gasteiger partial charge in [-0.1, -0.05) is 18.2 Å². The molecular weight excluding hydrogens is 452 g/mol. The number of nitrogens with one attached hydrogen (secondary N) is 2. The number of para-hydroxylation sites is 1. The van der Waals surface area contributed by atoms with Crippen LogP contribution in [0.3, 0.4) is 0 Å².